The minimum absolute atomic E-state index is 0.0222. The third-order valence-electron chi connectivity index (χ3n) is 4.89. The minimum atomic E-state index is -0.0222. The van der Waals surface area contributed by atoms with Crippen LogP contribution in [0.2, 0.25) is 0 Å². The lowest BCUT2D eigenvalue weighted by molar-refractivity contribution is -0.120. The molecule has 0 aromatic rings. The van der Waals surface area contributed by atoms with E-state index in [9.17, 15) is 4.79 Å². The summed E-state index contributed by atoms with van der Waals surface area (Å²) in [6.45, 7) is 0.832. The van der Waals surface area contributed by atoms with E-state index >= 15 is 0 Å². The number of alkyl halides is 2. The van der Waals surface area contributed by atoms with Gasteiger partial charge >= 0.3 is 0 Å². The number of hydrogen-bond donors (Lipinski definition) is 1. The van der Waals surface area contributed by atoms with Crippen molar-refractivity contribution in [2.75, 3.05) is 12.4 Å². The molecule has 0 heterocycles. The first kappa shape index (κ1) is 12.3. The molecule has 0 aromatic heterocycles. The van der Waals surface area contributed by atoms with Gasteiger partial charge in [-0.2, -0.15) is 0 Å². The van der Waals surface area contributed by atoms with Crippen molar-refractivity contribution >= 4 is 33.4 Å². The fraction of sp³-hybridized carbons (Fsp3) is 0.923. The molecule has 4 heteroatoms. The summed E-state index contributed by atoms with van der Waals surface area (Å²) >= 11 is 9.52. The summed E-state index contributed by atoms with van der Waals surface area (Å²) in [6.07, 6.45) is 7.94. The SMILES string of the molecule is O=C(CCl)NCC12C[C@H]3C[C@@H](CC(Br)(C3)C1)C2. The van der Waals surface area contributed by atoms with Crippen LogP contribution in [0.3, 0.4) is 0 Å². The standard InChI is InChI=1S/C13H19BrClNO/c14-13-4-9-1-10(5-13)3-12(2-9,7-13)8-16-11(17)6-15/h9-10H,1-8H2,(H,16,17)/t9-,10-,12?,13?/m1/s1. The van der Waals surface area contributed by atoms with Crippen LogP contribution in [-0.4, -0.2) is 22.7 Å². The first-order valence-electron chi connectivity index (χ1n) is 6.54. The normalized spacial score (nSPS) is 47.2. The van der Waals surface area contributed by atoms with Crippen molar-refractivity contribution in [2.45, 2.75) is 42.8 Å². The van der Waals surface area contributed by atoms with Gasteiger partial charge in [-0.15, -0.1) is 11.6 Å². The molecule has 4 aliphatic rings. The Bertz CT molecular complexity index is 332. The van der Waals surface area contributed by atoms with E-state index in [-0.39, 0.29) is 11.8 Å². The molecule has 17 heavy (non-hydrogen) atoms. The molecule has 0 aromatic carbocycles. The Morgan fingerprint density at radius 2 is 1.94 bits per heavy atom. The molecule has 2 atom stereocenters. The van der Waals surface area contributed by atoms with Crippen molar-refractivity contribution < 1.29 is 4.79 Å². The van der Waals surface area contributed by atoms with Gasteiger partial charge in [-0.3, -0.25) is 4.79 Å². The number of nitrogens with one attached hydrogen (secondary N) is 1. The first-order valence-corrected chi connectivity index (χ1v) is 7.87. The van der Waals surface area contributed by atoms with Gasteiger partial charge in [0.2, 0.25) is 5.91 Å². The number of rotatable bonds is 3. The zero-order chi connectivity index (χ0) is 12.1. The largest absolute Gasteiger partial charge is 0.355 e. The summed E-state index contributed by atoms with van der Waals surface area (Å²) in [5.41, 5.74) is 0.356. The number of amides is 1. The second-order valence-corrected chi connectivity index (χ2v) is 8.47. The Labute approximate surface area is 116 Å². The highest BCUT2D eigenvalue weighted by atomic mass is 79.9. The summed E-state index contributed by atoms with van der Waals surface area (Å²) in [5, 5.41) is 3.01. The molecular formula is C13H19BrClNO. The van der Waals surface area contributed by atoms with Gasteiger partial charge < -0.3 is 5.32 Å². The molecule has 2 nitrogen and oxygen atoms in total. The van der Waals surface area contributed by atoms with E-state index in [0.717, 1.165) is 18.4 Å². The predicted octanol–water partition coefficient (Wildman–Crippen LogP) is 3.08. The van der Waals surface area contributed by atoms with Crippen LogP contribution in [0.15, 0.2) is 0 Å². The quantitative estimate of drug-likeness (QED) is 0.796. The zero-order valence-corrected chi connectivity index (χ0v) is 12.3. The van der Waals surface area contributed by atoms with Gasteiger partial charge in [0.05, 0.1) is 0 Å². The van der Waals surface area contributed by atoms with Gasteiger partial charge in [0.15, 0.2) is 0 Å². The van der Waals surface area contributed by atoms with Crippen LogP contribution in [0.5, 0.6) is 0 Å². The van der Waals surface area contributed by atoms with Crippen LogP contribution in [0.4, 0.5) is 0 Å². The van der Waals surface area contributed by atoms with E-state index < -0.39 is 0 Å². The second kappa shape index (κ2) is 4.12. The third-order valence-corrected chi connectivity index (χ3v) is 6.06. The Balaban J connectivity index is 1.72. The molecule has 1 N–H and O–H groups in total. The minimum Gasteiger partial charge on any atom is -0.355 e. The van der Waals surface area contributed by atoms with Crippen LogP contribution < -0.4 is 5.32 Å². The van der Waals surface area contributed by atoms with Gasteiger partial charge in [0.25, 0.3) is 0 Å². The van der Waals surface area contributed by atoms with E-state index in [4.69, 9.17) is 11.6 Å². The van der Waals surface area contributed by atoms with Crippen molar-refractivity contribution in [3.05, 3.63) is 0 Å². The second-order valence-electron chi connectivity index (χ2n) is 6.52. The van der Waals surface area contributed by atoms with Crippen molar-refractivity contribution in [1.29, 1.82) is 0 Å². The van der Waals surface area contributed by atoms with Crippen LogP contribution in [-0.2, 0) is 4.79 Å². The van der Waals surface area contributed by atoms with Crippen LogP contribution in [0.1, 0.15) is 38.5 Å². The lowest BCUT2D eigenvalue weighted by Crippen LogP contribution is -2.56. The highest BCUT2D eigenvalue weighted by molar-refractivity contribution is 9.10. The smallest absolute Gasteiger partial charge is 0.234 e. The number of halogens is 2. The fourth-order valence-corrected chi connectivity index (χ4v) is 6.48. The maximum atomic E-state index is 11.3. The summed E-state index contributed by atoms with van der Waals surface area (Å²) in [7, 11) is 0. The Morgan fingerprint density at radius 1 is 1.29 bits per heavy atom. The molecule has 96 valence electrons. The molecule has 0 spiro atoms. The molecule has 0 unspecified atom stereocenters. The molecule has 4 saturated carbocycles. The highest BCUT2D eigenvalue weighted by Gasteiger charge is 2.56. The van der Waals surface area contributed by atoms with Crippen molar-refractivity contribution in [3.63, 3.8) is 0 Å². The van der Waals surface area contributed by atoms with Gasteiger partial charge in [-0.25, -0.2) is 0 Å². The molecule has 0 radical (unpaired) electrons. The van der Waals surface area contributed by atoms with Crippen LogP contribution >= 0.6 is 27.5 Å². The van der Waals surface area contributed by atoms with Gasteiger partial charge in [0, 0.05) is 10.9 Å². The van der Waals surface area contributed by atoms with Crippen LogP contribution in [0, 0.1) is 17.3 Å². The summed E-state index contributed by atoms with van der Waals surface area (Å²) in [5.74, 6) is 1.82. The van der Waals surface area contributed by atoms with Gasteiger partial charge in [0.1, 0.15) is 5.88 Å². The molecule has 4 fully saturated rings. The van der Waals surface area contributed by atoms with E-state index in [1.165, 1.54) is 38.5 Å². The average Bonchev–Trinajstić information content (AvgIpc) is 2.22. The number of carbonyl (C=O) groups excluding carboxylic acids is 1. The maximum Gasteiger partial charge on any atom is 0.234 e. The Morgan fingerprint density at radius 3 is 2.47 bits per heavy atom. The van der Waals surface area contributed by atoms with Crippen molar-refractivity contribution in [1.82, 2.24) is 5.32 Å². The molecular weight excluding hydrogens is 302 g/mol. The van der Waals surface area contributed by atoms with E-state index in [0.29, 0.717) is 9.74 Å². The molecule has 0 saturated heterocycles. The van der Waals surface area contributed by atoms with Crippen molar-refractivity contribution in [2.24, 2.45) is 17.3 Å². The number of carbonyl (C=O) groups is 1. The predicted molar refractivity (Wildman–Crippen MR) is 72.5 cm³/mol. The lowest BCUT2D eigenvalue weighted by Gasteiger charge is -2.60. The van der Waals surface area contributed by atoms with E-state index in [2.05, 4.69) is 21.2 Å². The topological polar surface area (TPSA) is 29.1 Å². The molecule has 4 bridgehead atoms. The van der Waals surface area contributed by atoms with Crippen molar-refractivity contribution in [3.8, 4) is 0 Å². The zero-order valence-electron chi connectivity index (χ0n) is 9.98. The Kier molecular flexibility index (Phi) is 2.98. The highest BCUT2D eigenvalue weighted by Crippen LogP contribution is 2.64. The first-order chi connectivity index (χ1) is 8.03. The maximum absolute atomic E-state index is 11.3. The molecule has 4 rings (SSSR count). The Hall–Kier alpha value is 0.240. The summed E-state index contributed by atoms with van der Waals surface area (Å²) in [6, 6.07) is 0. The average molecular weight is 321 g/mol. The monoisotopic (exact) mass is 319 g/mol. The summed E-state index contributed by atoms with van der Waals surface area (Å²) < 4.78 is 0.378. The summed E-state index contributed by atoms with van der Waals surface area (Å²) in [4.78, 5) is 11.3. The number of hydrogen-bond acceptors (Lipinski definition) is 1. The molecule has 0 aliphatic heterocycles. The van der Waals surface area contributed by atoms with E-state index in [1.54, 1.807) is 0 Å². The molecule has 1 amide bonds. The lowest BCUT2D eigenvalue weighted by atomic mass is 9.49. The third kappa shape index (κ3) is 2.25. The molecule has 4 aliphatic carbocycles. The van der Waals surface area contributed by atoms with Crippen LogP contribution in [0.25, 0.3) is 0 Å². The van der Waals surface area contributed by atoms with Gasteiger partial charge in [-0.1, -0.05) is 15.9 Å². The fourth-order valence-electron chi connectivity index (χ4n) is 4.88. The van der Waals surface area contributed by atoms with E-state index in [1.807, 2.05) is 0 Å². The van der Waals surface area contributed by atoms with Gasteiger partial charge in [-0.05, 0) is 55.8 Å².